The van der Waals surface area contributed by atoms with Crippen molar-refractivity contribution in [1.29, 1.82) is 0 Å². The maximum atomic E-state index is 15.2. The first-order valence-electron chi connectivity index (χ1n) is 20.5. The zero-order valence-electron chi connectivity index (χ0n) is 33.9. The second-order valence-corrected chi connectivity index (χ2v) is 17.2. The van der Waals surface area contributed by atoms with E-state index in [1.54, 1.807) is 24.4 Å². The summed E-state index contributed by atoms with van der Waals surface area (Å²) in [5.41, 5.74) is 3.49. The van der Waals surface area contributed by atoms with Crippen LogP contribution in [-0.2, 0) is 16.1 Å². The molecule has 2 N–H and O–H groups in total. The Morgan fingerprint density at radius 3 is 2.30 bits per heavy atom. The standard InChI is InChI=1S/C43H44BrF2N11O4/c1-23(2)56-24(3)49-39-32(45)17-25(18-35(39)56)38-33(46)21-48-43(52-38)50-36-6-4-28(20-47-36)54-10-8-27(9-11-54)55-14-12-53(13-15-55)22-26-16-29-30(19-31(26)44)42(61)57(41(29)60)34-5-7-37(58)51-40(34)59/h4,6,16-21,23,27,34H,5,7-15,22H2,1-3H3,(H,51,58,59)(H,47,48,50,52). The first-order chi connectivity index (χ1) is 29.3. The maximum Gasteiger partial charge on any atom is 0.262 e. The predicted octanol–water partition coefficient (Wildman–Crippen LogP) is 5.75. The maximum absolute atomic E-state index is 15.2. The lowest BCUT2D eigenvalue weighted by molar-refractivity contribution is -0.136. The van der Waals surface area contributed by atoms with Gasteiger partial charge in [-0.1, -0.05) is 15.9 Å². The van der Waals surface area contributed by atoms with Crippen molar-refractivity contribution in [2.45, 2.75) is 71.1 Å². The minimum atomic E-state index is -0.999. The highest BCUT2D eigenvalue weighted by Gasteiger charge is 2.45. The Labute approximate surface area is 358 Å². The number of pyridine rings is 1. The topological polar surface area (TPSA) is 162 Å². The third-order valence-corrected chi connectivity index (χ3v) is 12.9. The summed E-state index contributed by atoms with van der Waals surface area (Å²) in [6, 6.07) is 9.70. The number of aromatic nitrogens is 5. The highest BCUT2D eigenvalue weighted by molar-refractivity contribution is 9.10. The number of piperazine rings is 1. The molecule has 0 radical (unpaired) electrons. The van der Waals surface area contributed by atoms with Crippen LogP contribution in [0.1, 0.15) is 77.7 Å². The molecule has 4 aliphatic heterocycles. The van der Waals surface area contributed by atoms with Crippen molar-refractivity contribution >= 4 is 68.0 Å². The number of nitrogens with one attached hydrogen (secondary N) is 2. The second kappa shape index (κ2) is 16.3. The van der Waals surface area contributed by atoms with E-state index in [4.69, 9.17) is 0 Å². The van der Waals surface area contributed by atoms with E-state index in [0.717, 1.165) is 78.9 Å². The molecule has 0 bridgehead atoms. The molecule has 9 rings (SSSR count). The lowest BCUT2D eigenvalue weighted by Gasteiger charge is -2.43. The second-order valence-electron chi connectivity index (χ2n) is 16.3. The first-order valence-corrected chi connectivity index (χ1v) is 21.3. The molecule has 0 saturated carbocycles. The van der Waals surface area contributed by atoms with E-state index in [2.05, 4.69) is 61.2 Å². The van der Waals surface area contributed by atoms with Crippen LogP contribution in [0, 0.1) is 18.6 Å². The molecule has 3 fully saturated rings. The molecule has 4 amide bonds. The molecule has 4 aliphatic rings. The number of halogens is 3. The SMILES string of the molecule is Cc1nc2c(F)cc(-c3nc(Nc4ccc(N5CCC(N6CCN(Cc7cc8c(cc7Br)C(=O)N(C7CCC(=O)NC7=O)C8=O)CC6)CC5)cn4)ncc3F)cc2n1C(C)C. The largest absolute Gasteiger partial charge is 0.370 e. The van der Waals surface area contributed by atoms with E-state index in [0.29, 0.717) is 29.7 Å². The smallest absolute Gasteiger partial charge is 0.262 e. The van der Waals surface area contributed by atoms with Gasteiger partial charge in [0.15, 0.2) is 11.6 Å². The Kier molecular flexibility index (Phi) is 10.9. The molecule has 7 heterocycles. The van der Waals surface area contributed by atoms with Gasteiger partial charge in [0.1, 0.15) is 28.9 Å². The van der Waals surface area contributed by atoms with Crippen molar-refractivity contribution < 1.29 is 28.0 Å². The Bertz CT molecular complexity index is 2590. The van der Waals surface area contributed by atoms with Crippen LogP contribution >= 0.6 is 15.9 Å². The summed E-state index contributed by atoms with van der Waals surface area (Å²) in [6.07, 6.45) is 5.07. The Hall–Kier alpha value is -5.72. The molecule has 0 aliphatic carbocycles. The fraction of sp³-hybridized carbons (Fsp3) is 0.395. The summed E-state index contributed by atoms with van der Waals surface area (Å²) in [5, 5.41) is 5.30. The monoisotopic (exact) mass is 895 g/mol. The fourth-order valence-corrected chi connectivity index (χ4v) is 9.59. The molecule has 5 aromatic rings. The molecule has 18 heteroatoms. The van der Waals surface area contributed by atoms with Crippen LogP contribution in [0.2, 0.25) is 0 Å². The van der Waals surface area contributed by atoms with Crippen molar-refractivity contribution in [2.75, 3.05) is 49.5 Å². The molecule has 61 heavy (non-hydrogen) atoms. The van der Waals surface area contributed by atoms with Crippen LogP contribution in [0.5, 0.6) is 0 Å². The minimum Gasteiger partial charge on any atom is -0.370 e. The number of carbonyl (C=O) groups excluding carboxylic acids is 4. The summed E-state index contributed by atoms with van der Waals surface area (Å²) in [7, 11) is 0. The fourth-order valence-electron chi connectivity index (χ4n) is 9.12. The number of anilines is 3. The quantitative estimate of drug-likeness (QED) is 0.173. The van der Waals surface area contributed by atoms with Gasteiger partial charge in [0.2, 0.25) is 17.8 Å². The van der Waals surface area contributed by atoms with E-state index >= 15 is 8.78 Å². The molecule has 1 atom stereocenters. The van der Waals surface area contributed by atoms with Gasteiger partial charge in [0, 0.05) is 74.4 Å². The lowest BCUT2D eigenvalue weighted by atomic mass is 10.0. The van der Waals surface area contributed by atoms with Gasteiger partial charge >= 0.3 is 0 Å². The van der Waals surface area contributed by atoms with Crippen LogP contribution in [-0.4, -0.2) is 114 Å². The number of benzene rings is 2. The number of rotatable bonds is 9. The average molecular weight is 897 g/mol. The Morgan fingerprint density at radius 1 is 0.869 bits per heavy atom. The number of imidazole rings is 1. The normalized spacial score (nSPS) is 19.4. The molecule has 2 aromatic carbocycles. The molecule has 316 valence electrons. The number of amides is 4. The van der Waals surface area contributed by atoms with Crippen LogP contribution < -0.4 is 15.5 Å². The third kappa shape index (κ3) is 7.76. The highest BCUT2D eigenvalue weighted by Crippen LogP contribution is 2.34. The molecule has 0 spiro atoms. The van der Waals surface area contributed by atoms with E-state index in [9.17, 15) is 19.2 Å². The van der Waals surface area contributed by atoms with Gasteiger partial charge in [-0.2, -0.15) is 0 Å². The number of hydrogen-bond donors (Lipinski definition) is 2. The van der Waals surface area contributed by atoms with Crippen LogP contribution in [0.15, 0.2) is 53.3 Å². The molecular weight excluding hydrogens is 852 g/mol. The first kappa shape index (κ1) is 40.7. The predicted molar refractivity (Wildman–Crippen MR) is 226 cm³/mol. The van der Waals surface area contributed by atoms with E-state index in [1.807, 2.05) is 37.5 Å². The minimum absolute atomic E-state index is 0.0291. The van der Waals surface area contributed by atoms with Gasteiger partial charge in [0.05, 0.1) is 34.7 Å². The number of carbonyl (C=O) groups is 4. The van der Waals surface area contributed by atoms with Crippen LogP contribution in [0.4, 0.5) is 26.2 Å². The number of aryl methyl sites for hydroxylation is 1. The van der Waals surface area contributed by atoms with Crippen molar-refractivity contribution in [3.8, 4) is 11.3 Å². The van der Waals surface area contributed by atoms with E-state index in [-0.39, 0.29) is 52.7 Å². The van der Waals surface area contributed by atoms with Crippen LogP contribution in [0.25, 0.3) is 22.3 Å². The van der Waals surface area contributed by atoms with Crippen molar-refractivity contribution in [3.05, 3.63) is 87.4 Å². The van der Waals surface area contributed by atoms with E-state index < -0.39 is 41.3 Å². The lowest BCUT2D eigenvalue weighted by Crippen LogP contribution is -2.54. The van der Waals surface area contributed by atoms with Crippen molar-refractivity contribution in [3.63, 3.8) is 0 Å². The Balaban J connectivity index is 0.775. The van der Waals surface area contributed by atoms with Gasteiger partial charge in [-0.15, -0.1) is 0 Å². The van der Waals surface area contributed by atoms with Crippen molar-refractivity contribution in [2.24, 2.45) is 0 Å². The molecule has 1 unspecified atom stereocenters. The number of nitrogens with zero attached hydrogens (tertiary/aromatic N) is 9. The summed E-state index contributed by atoms with van der Waals surface area (Å²) < 4.78 is 32.9. The average Bonchev–Trinajstić information content (AvgIpc) is 3.71. The number of piperidine rings is 2. The summed E-state index contributed by atoms with van der Waals surface area (Å²) in [6.45, 7) is 11.7. The van der Waals surface area contributed by atoms with Gasteiger partial charge in [0.25, 0.3) is 11.8 Å². The van der Waals surface area contributed by atoms with Gasteiger partial charge in [-0.3, -0.25) is 39.2 Å². The number of imide groups is 2. The van der Waals surface area contributed by atoms with E-state index in [1.165, 1.54) is 6.07 Å². The molecule has 3 aromatic heterocycles. The van der Waals surface area contributed by atoms with Gasteiger partial charge < -0.3 is 14.8 Å². The number of hydrogen-bond acceptors (Lipinski definition) is 12. The van der Waals surface area contributed by atoms with Gasteiger partial charge in [-0.05, 0) is 82.0 Å². The third-order valence-electron chi connectivity index (χ3n) is 12.2. The molecule has 15 nitrogen and oxygen atoms in total. The zero-order chi connectivity index (χ0) is 42.7. The summed E-state index contributed by atoms with van der Waals surface area (Å²) in [4.78, 5) is 76.5. The number of fused-ring (bicyclic) bond motifs is 2. The molecular formula is C43H44BrF2N11O4. The zero-order valence-corrected chi connectivity index (χ0v) is 35.5. The van der Waals surface area contributed by atoms with Crippen molar-refractivity contribution in [1.82, 2.24) is 44.5 Å². The summed E-state index contributed by atoms with van der Waals surface area (Å²) >= 11 is 3.62. The highest BCUT2D eigenvalue weighted by atomic mass is 79.9. The molecule has 3 saturated heterocycles. The summed E-state index contributed by atoms with van der Waals surface area (Å²) in [5.74, 6) is -1.98. The van der Waals surface area contributed by atoms with Gasteiger partial charge in [-0.25, -0.2) is 28.7 Å². The van der Waals surface area contributed by atoms with Crippen LogP contribution in [0.3, 0.4) is 0 Å². The Morgan fingerprint density at radius 2 is 1.61 bits per heavy atom.